The maximum Gasteiger partial charge on any atom is 0.410 e. The number of carbonyl (C=O) groups is 1. The highest BCUT2D eigenvalue weighted by Crippen LogP contribution is 2.31. The summed E-state index contributed by atoms with van der Waals surface area (Å²) in [5.74, 6) is 0. The molecule has 1 atom stereocenters. The molecule has 0 bridgehead atoms. The smallest absolute Gasteiger partial charge is 0.410 e. The van der Waals surface area contributed by atoms with Crippen LogP contribution in [0, 0.1) is 0 Å². The SMILES string of the molecule is CCCC1CNCC2(CCN(C(=O)OC(C)(C)C)CC2)O1. The number of piperidine rings is 1. The lowest BCUT2D eigenvalue weighted by molar-refractivity contribution is -0.142. The third-order valence-corrected chi connectivity index (χ3v) is 4.17. The van der Waals surface area contributed by atoms with Crippen molar-refractivity contribution in [2.75, 3.05) is 26.2 Å². The third kappa shape index (κ3) is 4.58. The van der Waals surface area contributed by atoms with Gasteiger partial charge in [-0.1, -0.05) is 13.3 Å². The molecule has 2 heterocycles. The van der Waals surface area contributed by atoms with Gasteiger partial charge in [-0.2, -0.15) is 0 Å². The Balaban J connectivity index is 1.86. The van der Waals surface area contributed by atoms with E-state index in [0.717, 1.165) is 51.9 Å². The molecule has 0 aromatic carbocycles. The topological polar surface area (TPSA) is 50.8 Å². The van der Waals surface area contributed by atoms with E-state index in [9.17, 15) is 4.79 Å². The molecule has 2 aliphatic heterocycles. The Morgan fingerprint density at radius 2 is 2.05 bits per heavy atom. The summed E-state index contributed by atoms with van der Waals surface area (Å²) in [5.41, 5.74) is -0.516. The Labute approximate surface area is 128 Å². The maximum atomic E-state index is 12.1. The first-order valence-electron chi connectivity index (χ1n) is 8.20. The molecule has 2 saturated heterocycles. The number of carbonyl (C=O) groups excluding carboxylic acids is 1. The van der Waals surface area contributed by atoms with Crippen LogP contribution in [0.4, 0.5) is 4.79 Å². The molecule has 0 aromatic rings. The molecular formula is C16H30N2O3. The van der Waals surface area contributed by atoms with Crippen LogP contribution in [0.5, 0.6) is 0 Å². The minimum absolute atomic E-state index is 0.0867. The second-order valence-corrected chi connectivity index (χ2v) is 7.31. The van der Waals surface area contributed by atoms with Gasteiger partial charge in [-0.15, -0.1) is 0 Å². The van der Waals surface area contributed by atoms with Crippen molar-refractivity contribution < 1.29 is 14.3 Å². The van der Waals surface area contributed by atoms with Crippen LogP contribution in [0.15, 0.2) is 0 Å². The summed E-state index contributed by atoms with van der Waals surface area (Å²) in [7, 11) is 0. The first-order valence-corrected chi connectivity index (χ1v) is 8.20. The summed E-state index contributed by atoms with van der Waals surface area (Å²) < 4.78 is 11.8. The van der Waals surface area contributed by atoms with Crippen molar-refractivity contribution in [3.63, 3.8) is 0 Å². The highest BCUT2D eigenvalue weighted by atomic mass is 16.6. The van der Waals surface area contributed by atoms with E-state index in [4.69, 9.17) is 9.47 Å². The highest BCUT2D eigenvalue weighted by Gasteiger charge is 2.41. The number of ether oxygens (including phenoxy) is 2. The molecule has 1 amide bonds. The van der Waals surface area contributed by atoms with E-state index in [-0.39, 0.29) is 11.7 Å². The predicted molar refractivity (Wildman–Crippen MR) is 82.4 cm³/mol. The fourth-order valence-corrected chi connectivity index (χ4v) is 3.10. The number of morpholine rings is 1. The zero-order valence-corrected chi connectivity index (χ0v) is 13.9. The fraction of sp³-hybridized carbons (Fsp3) is 0.938. The van der Waals surface area contributed by atoms with Gasteiger partial charge in [0.05, 0.1) is 11.7 Å². The summed E-state index contributed by atoms with van der Waals surface area (Å²) >= 11 is 0. The van der Waals surface area contributed by atoms with E-state index >= 15 is 0 Å². The van der Waals surface area contributed by atoms with Gasteiger partial charge in [0.1, 0.15) is 5.60 Å². The quantitative estimate of drug-likeness (QED) is 0.851. The average molecular weight is 298 g/mol. The van der Waals surface area contributed by atoms with Crippen molar-refractivity contribution in [3.8, 4) is 0 Å². The number of likely N-dealkylation sites (tertiary alicyclic amines) is 1. The van der Waals surface area contributed by atoms with Crippen LogP contribution in [0.1, 0.15) is 53.4 Å². The van der Waals surface area contributed by atoms with E-state index in [0.29, 0.717) is 6.10 Å². The molecule has 2 aliphatic rings. The number of amides is 1. The molecule has 5 heteroatoms. The van der Waals surface area contributed by atoms with Gasteiger partial charge in [-0.05, 0) is 40.0 Å². The Morgan fingerprint density at radius 3 is 2.62 bits per heavy atom. The first kappa shape index (κ1) is 16.6. The van der Waals surface area contributed by atoms with Crippen molar-refractivity contribution in [2.45, 2.75) is 70.7 Å². The van der Waals surface area contributed by atoms with Crippen LogP contribution < -0.4 is 5.32 Å². The first-order chi connectivity index (χ1) is 9.84. The van der Waals surface area contributed by atoms with Crippen LogP contribution in [0.25, 0.3) is 0 Å². The van der Waals surface area contributed by atoms with Crippen molar-refractivity contribution >= 4 is 6.09 Å². The number of rotatable bonds is 2. The van der Waals surface area contributed by atoms with Gasteiger partial charge in [-0.3, -0.25) is 0 Å². The summed E-state index contributed by atoms with van der Waals surface area (Å²) in [6, 6.07) is 0. The van der Waals surface area contributed by atoms with Gasteiger partial charge in [0.25, 0.3) is 0 Å². The van der Waals surface area contributed by atoms with E-state index < -0.39 is 5.60 Å². The summed E-state index contributed by atoms with van der Waals surface area (Å²) in [5, 5.41) is 3.50. The van der Waals surface area contributed by atoms with Gasteiger partial charge in [0, 0.05) is 26.2 Å². The lowest BCUT2D eigenvalue weighted by Crippen LogP contribution is -2.59. The van der Waals surface area contributed by atoms with E-state index in [1.54, 1.807) is 0 Å². The molecule has 2 rings (SSSR count). The average Bonchev–Trinajstić information content (AvgIpc) is 2.38. The van der Waals surface area contributed by atoms with Crippen LogP contribution in [0.2, 0.25) is 0 Å². The molecule has 1 spiro atoms. The lowest BCUT2D eigenvalue weighted by atomic mass is 9.89. The molecule has 122 valence electrons. The standard InChI is InChI=1S/C16H30N2O3/c1-5-6-13-11-17-12-16(20-13)7-9-18(10-8-16)14(19)21-15(2,3)4/h13,17H,5-12H2,1-4H3. The largest absolute Gasteiger partial charge is 0.444 e. The molecule has 21 heavy (non-hydrogen) atoms. The second kappa shape index (κ2) is 6.53. The highest BCUT2D eigenvalue weighted by molar-refractivity contribution is 5.68. The molecule has 1 N–H and O–H groups in total. The molecule has 0 aliphatic carbocycles. The number of hydrogen-bond acceptors (Lipinski definition) is 4. The zero-order valence-electron chi connectivity index (χ0n) is 13.9. The number of nitrogens with zero attached hydrogens (tertiary/aromatic N) is 1. The van der Waals surface area contributed by atoms with Crippen molar-refractivity contribution in [3.05, 3.63) is 0 Å². The van der Waals surface area contributed by atoms with Crippen LogP contribution in [0.3, 0.4) is 0 Å². The van der Waals surface area contributed by atoms with Gasteiger partial charge >= 0.3 is 6.09 Å². The molecule has 0 aromatic heterocycles. The number of nitrogens with one attached hydrogen (secondary N) is 1. The minimum Gasteiger partial charge on any atom is -0.444 e. The third-order valence-electron chi connectivity index (χ3n) is 4.17. The number of hydrogen-bond donors (Lipinski definition) is 1. The molecule has 1 unspecified atom stereocenters. The van der Waals surface area contributed by atoms with Gasteiger partial charge < -0.3 is 19.7 Å². The monoisotopic (exact) mass is 298 g/mol. The molecule has 2 fully saturated rings. The van der Waals surface area contributed by atoms with Gasteiger partial charge in [0.15, 0.2) is 0 Å². The van der Waals surface area contributed by atoms with E-state index in [1.807, 2.05) is 25.7 Å². The van der Waals surface area contributed by atoms with Crippen LogP contribution >= 0.6 is 0 Å². The zero-order chi connectivity index (χ0) is 15.5. The Bertz CT molecular complexity index is 355. The van der Waals surface area contributed by atoms with Crippen LogP contribution in [-0.4, -0.2) is 54.5 Å². The van der Waals surface area contributed by atoms with E-state index in [1.165, 1.54) is 0 Å². The Hall–Kier alpha value is -0.810. The summed E-state index contributed by atoms with van der Waals surface area (Å²) in [4.78, 5) is 13.9. The Kier molecular flexibility index (Phi) is 5.15. The van der Waals surface area contributed by atoms with E-state index in [2.05, 4.69) is 12.2 Å². The Morgan fingerprint density at radius 1 is 1.38 bits per heavy atom. The summed E-state index contributed by atoms with van der Waals surface area (Å²) in [6.45, 7) is 11.2. The normalized spacial score (nSPS) is 25.9. The van der Waals surface area contributed by atoms with Crippen molar-refractivity contribution in [2.24, 2.45) is 0 Å². The van der Waals surface area contributed by atoms with Gasteiger partial charge in [-0.25, -0.2) is 4.79 Å². The molecule has 0 radical (unpaired) electrons. The molecular weight excluding hydrogens is 268 g/mol. The minimum atomic E-state index is -0.429. The molecule has 5 nitrogen and oxygen atoms in total. The fourth-order valence-electron chi connectivity index (χ4n) is 3.10. The van der Waals surface area contributed by atoms with Crippen molar-refractivity contribution in [1.29, 1.82) is 0 Å². The summed E-state index contributed by atoms with van der Waals surface area (Å²) in [6.07, 6.45) is 4.14. The maximum absolute atomic E-state index is 12.1. The van der Waals surface area contributed by atoms with Crippen LogP contribution in [-0.2, 0) is 9.47 Å². The lowest BCUT2D eigenvalue weighted by Gasteiger charge is -2.46. The second-order valence-electron chi connectivity index (χ2n) is 7.31. The predicted octanol–water partition coefficient (Wildman–Crippen LogP) is 2.54. The van der Waals surface area contributed by atoms with Gasteiger partial charge in [0.2, 0.25) is 0 Å². The molecule has 0 saturated carbocycles. The van der Waals surface area contributed by atoms with Crippen molar-refractivity contribution in [1.82, 2.24) is 10.2 Å².